The molecule has 2 atom stereocenters. The Kier molecular flexibility index (Phi) is 26.2. The SMILES string of the molecule is CCCCCCCCC(CO)OCc1ccc(OC)cc1.CCCCCCCCC(COSC)OCc1ccc(OC)cc1. The van der Waals surface area contributed by atoms with Crippen molar-refractivity contribution in [3.05, 3.63) is 59.7 Å². The van der Waals surface area contributed by atoms with Crippen molar-refractivity contribution in [1.29, 1.82) is 0 Å². The first-order valence-electron chi connectivity index (χ1n) is 16.9. The van der Waals surface area contributed by atoms with Gasteiger partial charge in [-0.25, -0.2) is 0 Å². The molecule has 2 aromatic rings. The van der Waals surface area contributed by atoms with Gasteiger partial charge in [-0.15, -0.1) is 0 Å². The molecule has 0 fully saturated rings. The lowest BCUT2D eigenvalue weighted by molar-refractivity contribution is -0.00349. The van der Waals surface area contributed by atoms with Gasteiger partial charge in [-0.3, -0.25) is 0 Å². The van der Waals surface area contributed by atoms with E-state index in [2.05, 4.69) is 26.0 Å². The highest BCUT2D eigenvalue weighted by Crippen LogP contribution is 2.17. The normalized spacial score (nSPS) is 12.3. The maximum absolute atomic E-state index is 9.38. The van der Waals surface area contributed by atoms with E-state index < -0.39 is 0 Å². The number of methoxy groups -OCH3 is 2. The van der Waals surface area contributed by atoms with Gasteiger partial charge in [-0.1, -0.05) is 115 Å². The first kappa shape index (κ1) is 40.3. The number of hydrogen-bond acceptors (Lipinski definition) is 7. The van der Waals surface area contributed by atoms with Gasteiger partial charge in [0.2, 0.25) is 0 Å². The monoisotopic (exact) mass is 634 g/mol. The molecule has 0 amide bonds. The molecule has 0 aliphatic rings. The van der Waals surface area contributed by atoms with Gasteiger partial charge in [0.1, 0.15) is 11.5 Å². The van der Waals surface area contributed by atoms with E-state index in [1.54, 1.807) is 14.2 Å². The van der Waals surface area contributed by atoms with E-state index in [9.17, 15) is 5.11 Å². The molecule has 2 rings (SSSR count). The fourth-order valence-corrected chi connectivity index (χ4v) is 5.05. The largest absolute Gasteiger partial charge is 0.497 e. The third kappa shape index (κ3) is 21.1. The Morgan fingerprint density at radius 3 is 1.41 bits per heavy atom. The van der Waals surface area contributed by atoms with E-state index in [0.717, 1.165) is 36.3 Å². The van der Waals surface area contributed by atoms with Gasteiger partial charge in [0.15, 0.2) is 0 Å². The molecule has 0 aliphatic carbocycles. The molecular formula is C37H62O6S. The number of unbranched alkanes of at least 4 members (excludes halogenated alkanes) is 10. The molecule has 0 heterocycles. The van der Waals surface area contributed by atoms with Crippen molar-refractivity contribution >= 4 is 12.0 Å². The van der Waals surface area contributed by atoms with Crippen LogP contribution in [-0.4, -0.2) is 51.0 Å². The summed E-state index contributed by atoms with van der Waals surface area (Å²) < 4.78 is 27.6. The van der Waals surface area contributed by atoms with Crippen LogP contribution in [0.1, 0.15) is 115 Å². The van der Waals surface area contributed by atoms with Gasteiger partial charge in [0.25, 0.3) is 0 Å². The summed E-state index contributed by atoms with van der Waals surface area (Å²) in [4.78, 5) is 0. The van der Waals surface area contributed by atoms with Crippen LogP contribution >= 0.6 is 12.0 Å². The molecule has 0 aliphatic heterocycles. The Hall–Kier alpha value is -1.77. The van der Waals surface area contributed by atoms with Crippen molar-refractivity contribution in [3.8, 4) is 11.5 Å². The minimum atomic E-state index is -0.0433. The van der Waals surface area contributed by atoms with Crippen molar-refractivity contribution in [2.24, 2.45) is 0 Å². The van der Waals surface area contributed by atoms with Crippen LogP contribution in [0.25, 0.3) is 0 Å². The highest BCUT2D eigenvalue weighted by Gasteiger charge is 2.11. The second-order valence-corrected chi connectivity index (χ2v) is 11.9. The second-order valence-electron chi connectivity index (χ2n) is 11.3. The minimum Gasteiger partial charge on any atom is -0.497 e. The molecule has 2 aromatic carbocycles. The van der Waals surface area contributed by atoms with Crippen molar-refractivity contribution in [2.45, 2.75) is 129 Å². The van der Waals surface area contributed by atoms with Crippen LogP contribution < -0.4 is 9.47 Å². The molecule has 6 nitrogen and oxygen atoms in total. The number of benzene rings is 2. The first-order valence-corrected chi connectivity index (χ1v) is 18.0. The second kappa shape index (κ2) is 28.7. The molecule has 0 bridgehead atoms. The van der Waals surface area contributed by atoms with Crippen LogP contribution in [-0.2, 0) is 26.9 Å². The molecule has 0 saturated heterocycles. The molecule has 0 radical (unpaired) electrons. The summed E-state index contributed by atoms with van der Waals surface area (Å²) in [5.41, 5.74) is 2.28. The fraction of sp³-hybridized carbons (Fsp3) is 0.676. The Morgan fingerprint density at radius 2 is 1.00 bits per heavy atom. The molecule has 1 N–H and O–H groups in total. The van der Waals surface area contributed by atoms with Crippen molar-refractivity contribution in [2.75, 3.05) is 33.7 Å². The zero-order chi connectivity index (χ0) is 32.1. The summed E-state index contributed by atoms with van der Waals surface area (Å²) in [6.07, 6.45) is 19.6. The quantitative estimate of drug-likeness (QED) is 0.0816. The fourth-order valence-electron chi connectivity index (χ4n) is 4.76. The average molecular weight is 635 g/mol. The van der Waals surface area contributed by atoms with Crippen molar-refractivity contribution < 1.29 is 28.2 Å². The zero-order valence-electron chi connectivity index (χ0n) is 28.4. The molecule has 2 unspecified atom stereocenters. The highest BCUT2D eigenvalue weighted by molar-refractivity contribution is 7.93. The number of rotatable bonds is 26. The van der Waals surface area contributed by atoms with Crippen LogP contribution in [0, 0.1) is 0 Å². The Morgan fingerprint density at radius 1 is 0.591 bits per heavy atom. The Bertz CT molecular complexity index is 877. The summed E-state index contributed by atoms with van der Waals surface area (Å²) in [6.45, 7) is 6.42. The molecular weight excluding hydrogens is 572 g/mol. The lowest BCUT2D eigenvalue weighted by atomic mass is 10.1. The van der Waals surface area contributed by atoms with Crippen LogP contribution in [0.2, 0.25) is 0 Å². The van der Waals surface area contributed by atoms with Crippen molar-refractivity contribution in [1.82, 2.24) is 0 Å². The highest BCUT2D eigenvalue weighted by atomic mass is 32.2. The first-order chi connectivity index (χ1) is 21.6. The zero-order valence-corrected chi connectivity index (χ0v) is 29.2. The van der Waals surface area contributed by atoms with Gasteiger partial charge in [-0.05, 0) is 60.3 Å². The summed E-state index contributed by atoms with van der Waals surface area (Å²) in [5, 5.41) is 9.38. The summed E-state index contributed by atoms with van der Waals surface area (Å²) in [6, 6.07) is 15.9. The lowest BCUT2D eigenvalue weighted by Crippen LogP contribution is -2.18. The Labute approximate surface area is 273 Å². The van der Waals surface area contributed by atoms with Gasteiger partial charge >= 0.3 is 0 Å². The van der Waals surface area contributed by atoms with Gasteiger partial charge in [0, 0.05) is 6.26 Å². The molecule has 0 aromatic heterocycles. The predicted octanol–water partition coefficient (Wildman–Crippen LogP) is 9.95. The summed E-state index contributed by atoms with van der Waals surface area (Å²) >= 11 is 1.41. The van der Waals surface area contributed by atoms with Crippen LogP contribution in [0.5, 0.6) is 11.5 Å². The molecule has 252 valence electrons. The van der Waals surface area contributed by atoms with E-state index >= 15 is 0 Å². The molecule has 0 spiro atoms. The standard InChI is InChI=1S/C19H32O3S.C18H30O3/c1-4-5-6-7-8-9-10-19(16-22-23-3)21-15-17-11-13-18(20-2)14-12-17;1-3-4-5-6-7-8-9-18(14-19)21-15-16-10-12-17(20-2)13-11-16/h11-14,19H,4-10,15-16H2,1-3H3;10-13,18-19H,3-9,14-15H2,1-2H3. The average Bonchev–Trinajstić information content (AvgIpc) is 3.07. The van der Waals surface area contributed by atoms with E-state index in [1.807, 2.05) is 42.7 Å². The molecule has 7 heteroatoms. The lowest BCUT2D eigenvalue weighted by Gasteiger charge is -2.17. The number of hydrogen-bond donors (Lipinski definition) is 1. The maximum Gasteiger partial charge on any atom is 0.118 e. The predicted molar refractivity (Wildman–Crippen MR) is 186 cm³/mol. The van der Waals surface area contributed by atoms with Crippen LogP contribution in [0.4, 0.5) is 0 Å². The number of ether oxygens (including phenoxy) is 4. The van der Waals surface area contributed by atoms with Crippen LogP contribution in [0.3, 0.4) is 0 Å². The maximum atomic E-state index is 9.38. The van der Waals surface area contributed by atoms with Gasteiger partial charge in [0.05, 0.1) is 52.9 Å². The summed E-state index contributed by atoms with van der Waals surface area (Å²) in [7, 11) is 3.34. The smallest absolute Gasteiger partial charge is 0.118 e. The third-order valence-corrected chi connectivity index (χ3v) is 8.00. The Balaban J connectivity index is 0.000000442. The van der Waals surface area contributed by atoms with Crippen molar-refractivity contribution in [3.63, 3.8) is 0 Å². The topological polar surface area (TPSA) is 66.4 Å². The minimum absolute atomic E-state index is 0.0433. The van der Waals surface area contributed by atoms with Crippen LogP contribution in [0.15, 0.2) is 48.5 Å². The van der Waals surface area contributed by atoms with E-state index in [4.69, 9.17) is 23.1 Å². The van der Waals surface area contributed by atoms with E-state index in [-0.39, 0.29) is 18.8 Å². The molecule has 44 heavy (non-hydrogen) atoms. The van der Waals surface area contributed by atoms with E-state index in [1.165, 1.54) is 88.2 Å². The van der Waals surface area contributed by atoms with E-state index in [0.29, 0.717) is 19.8 Å². The van der Waals surface area contributed by atoms with Gasteiger partial charge < -0.3 is 28.2 Å². The molecule has 0 saturated carbocycles. The third-order valence-electron chi connectivity index (χ3n) is 7.62. The number of aliphatic hydroxyl groups is 1. The summed E-state index contributed by atoms with van der Waals surface area (Å²) in [5.74, 6) is 1.73. The number of aliphatic hydroxyl groups excluding tert-OH is 1. The van der Waals surface area contributed by atoms with Gasteiger partial charge in [-0.2, -0.15) is 0 Å².